The van der Waals surface area contributed by atoms with Crippen LogP contribution in [0.5, 0.6) is 0 Å². The minimum absolute atomic E-state index is 0.0276. The molecule has 0 radical (unpaired) electrons. The topological polar surface area (TPSA) is 206 Å². The molecule has 5 aromatic rings. The Labute approximate surface area is 430 Å². The molecule has 4 aliphatic heterocycles. The molecule has 0 aliphatic carbocycles. The maximum Gasteiger partial charge on any atom is 0.508 e. The highest BCUT2D eigenvalue weighted by Crippen LogP contribution is 2.42. The largest absolute Gasteiger partial charge is 0.508 e. The Morgan fingerprint density at radius 2 is 1.07 bits per heavy atom. The van der Waals surface area contributed by atoms with Crippen LogP contribution in [0.4, 0.5) is 4.79 Å². The molecular formula is C56H63N3O15. The molecule has 9 unspecified atom stereocenters. The highest BCUT2D eigenvalue weighted by atomic mass is 16.8. The first-order chi connectivity index (χ1) is 36.1. The van der Waals surface area contributed by atoms with Gasteiger partial charge in [0.25, 0.3) is 0 Å². The van der Waals surface area contributed by atoms with Gasteiger partial charge in [-0.3, -0.25) is 0 Å². The summed E-state index contributed by atoms with van der Waals surface area (Å²) in [4.78, 5) is 15.6. The maximum absolute atomic E-state index is 12.4. The van der Waals surface area contributed by atoms with Crippen molar-refractivity contribution in [2.45, 2.75) is 146 Å². The SMILES string of the molecule is CC1O[C@@H](OC2C(OCc3ccccc3)C(N=[N+]=[N-])C(COCc3ccccc3)O[C@@H]2OC(=O)O)C2OC(C)(C)OC2[C@H]1O[C@@H]1OC[C@@H](OCc2ccccc2)C(OCc2ccccc2)C1OCc1ccccc1. The summed E-state index contributed by atoms with van der Waals surface area (Å²) in [6.45, 7) is 6.34. The van der Waals surface area contributed by atoms with Crippen molar-refractivity contribution in [2.24, 2.45) is 5.11 Å². The standard InChI is InChI=1S/C56H63N3O15/c1-36-45(70-52-49(66-33-41-27-17-8-18-28-41)46(64-31-39-23-13-6-14-24-39)43(35-67-52)63-30-38-21-11-5-12-22-38)48-51(74-56(2,3)73-48)54(68-36)71-50-47(65-32-40-25-15-7-16-26-40)44(58-59-57)42(69-53(50)72-55(60)61)34-62-29-37-19-9-4-10-20-37/h4-28,36,42-54H,29-35H2,1-3H3,(H,60,61)/t36?,42?,43-,44?,45+,46?,47?,48?,49?,50?,51?,52+,53-,54+/m1/s1. The van der Waals surface area contributed by atoms with Crippen molar-refractivity contribution < 1.29 is 71.5 Å². The lowest BCUT2D eigenvalue weighted by Crippen LogP contribution is -2.65. The average Bonchev–Trinajstić information content (AvgIpc) is 3.75. The molecule has 18 heteroatoms. The second-order valence-corrected chi connectivity index (χ2v) is 18.9. The fourth-order valence-corrected chi connectivity index (χ4v) is 9.61. The van der Waals surface area contributed by atoms with Gasteiger partial charge in [0.2, 0.25) is 6.29 Å². The van der Waals surface area contributed by atoms with E-state index in [0.717, 1.165) is 27.8 Å². The third-order valence-corrected chi connectivity index (χ3v) is 13.1. The Morgan fingerprint density at radius 1 is 0.595 bits per heavy atom. The smallest absolute Gasteiger partial charge is 0.450 e. The molecule has 0 spiro atoms. The summed E-state index contributed by atoms with van der Waals surface area (Å²) < 4.78 is 84.8. The van der Waals surface area contributed by atoms with Crippen LogP contribution in [0.1, 0.15) is 48.6 Å². The van der Waals surface area contributed by atoms with Crippen LogP contribution in [0.3, 0.4) is 0 Å². The number of ether oxygens (including phenoxy) is 13. The zero-order chi connectivity index (χ0) is 51.3. The van der Waals surface area contributed by atoms with Gasteiger partial charge in [-0.2, -0.15) is 0 Å². The lowest BCUT2D eigenvalue weighted by molar-refractivity contribution is -0.364. The Morgan fingerprint density at radius 3 is 1.59 bits per heavy atom. The molecule has 0 bridgehead atoms. The molecule has 14 atom stereocenters. The lowest BCUT2D eigenvalue weighted by atomic mass is 9.95. The van der Waals surface area contributed by atoms with Crippen molar-refractivity contribution in [3.05, 3.63) is 190 Å². The first-order valence-corrected chi connectivity index (χ1v) is 24.9. The number of carbonyl (C=O) groups is 1. The molecule has 5 aromatic carbocycles. The monoisotopic (exact) mass is 1020 g/mol. The fraction of sp³-hybridized carbons (Fsp3) is 0.446. The number of nitrogens with zero attached hydrogens (tertiary/aromatic N) is 3. The number of carboxylic acid groups (broad SMARTS) is 1. The summed E-state index contributed by atoms with van der Waals surface area (Å²) in [5.74, 6) is -1.18. The summed E-state index contributed by atoms with van der Waals surface area (Å²) in [5.41, 5.74) is 14.5. The van der Waals surface area contributed by atoms with E-state index in [1.807, 2.05) is 152 Å². The lowest BCUT2D eigenvalue weighted by Gasteiger charge is -2.48. The molecule has 4 fully saturated rings. The van der Waals surface area contributed by atoms with Crippen LogP contribution in [0.25, 0.3) is 10.4 Å². The molecule has 4 heterocycles. The Bertz CT molecular complexity index is 2530. The van der Waals surface area contributed by atoms with Gasteiger partial charge in [-0.15, -0.1) is 0 Å². The summed E-state index contributed by atoms with van der Waals surface area (Å²) in [7, 11) is 0. The molecule has 74 heavy (non-hydrogen) atoms. The van der Waals surface area contributed by atoms with Gasteiger partial charge in [-0.05, 0) is 54.1 Å². The van der Waals surface area contributed by atoms with Gasteiger partial charge in [0.05, 0.1) is 64.5 Å². The van der Waals surface area contributed by atoms with Crippen molar-refractivity contribution in [3.63, 3.8) is 0 Å². The molecule has 392 valence electrons. The molecule has 4 aliphatic rings. The second kappa shape index (κ2) is 25.6. The predicted octanol–water partition coefficient (Wildman–Crippen LogP) is 9.03. The van der Waals surface area contributed by atoms with Gasteiger partial charge in [0.1, 0.15) is 48.8 Å². The first-order valence-electron chi connectivity index (χ1n) is 24.9. The van der Waals surface area contributed by atoms with Crippen molar-refractivity contribution in [3.8, 4) is 0 Å². The Kier molecular flexibility index (Phi) is 18.4. The normalized spacial score (nSPS) is 30.4. The van der Waals surface area contributed by atoms with E-state index in [-0.39, 0.29) is 39.6 Å². The van der Waals surface area contributed by atoms with Gasteiger partial charge in [-0.1, -0.05) is 157 Å². The third kappa shape index (κ3) is 13.9. The van der Waals surface area contributed by atoms with E-state index in [2.05, 4.69) is 10.0 Å². The zero-order valence-electron chi connectivity index (χ0n) is 41.5. The molecular weight excluding hydrogens is 955 g/mol. The Hall–Kier alpha value is -5.80. The number of benzene rings is 5. The van der Waals surface area contributed by atoms with Crippen molar-refractivity contribution >= 4 is 6.16 Å². The van der Waals surface area contributed by atoms with E-state index >= 15 is 0 Å². The summed E-state index contributed by atoms with van der Waals surface area (Å²) in [6, 6.07) is 47.2. The van der Waals surface area contributed by atoms with E-state index < -0.39 is 97.9 Å². The van der Waals surface area contributed by atoms with Gasteiger partial charge < -0.3 is 66.7 Å². The van der Waals surface area contributed by atoms with Crippen molar-refractivity contribution in [1.29, 1.82) is 0 Å². The Balaban J connectivity index is 0.986. The summed E-state index contributed by atoms with van der Waals surface area (Å²) in [5, 5.41) is 14.2. The van der Waals surface area contributed by atoms with Gasteiger partial charge in [0.15, 0.2) is 18.4 Å². The number of azide groups is 1. The minimum atomic E-state index is -1.64. The first kappa shape index (κ1) is 53.0. The summed E-state index contributed by atoms with van der Waals surface area (Å²) in [6.07, 6.45) is -14.7. The average molecular weight is 1020 g/mol. The number of rotatable bonds is 22. The predicted molar refractivity (Wildman–Crippen MR) is 265 cm³/mol. The number of hydrogen-bond donors (Lipinski definition) is 1. The van der Waals surface area contributed by atoms with Crippen molar-refractivity contribution in [2.75, 3.05) is 13.2 Å². The minimum Gasteiger partial charge on any atom is -0.450 e. The van der Waals surface area contributed by atoms with E-state index in [9.17, 15) is 15.4 Å². The van der Waals surface area contributed by atoms with Crippen LogP contribution in [-0.4, -0.2) is 116 Å². The maximum atomic E-state index is 12.4. The molecule has 18 nitrogen and oxygen atoms in total. The second-order valence-electron chi connectivity index (χ2n) is 18.9. The number of hydrogen-bond acceptors (Lipinski definition) is 15. The van der Waals surface area contributed by atoms with Crippen LogP contribution in [0.2, 0.25) is 0 Å². The molecule has 1 N–H and O–H groups in total. The third-order valence-electron chi connectivity index (χ3n) is 13.1. The number of fused-ring (bicyclic) bond motifs is 1. The highest BCUT2D eigenvalue weighted by molar-refractivity contribution is 5.57. The van der Waals surface area contributed by atoms with E-state index in [4.69, 9.17) is 61.6 Å². The van der Waals surface area contributed by atoms with E-state index in [1.165, 1.54) is 0 Å². The molecule has 0 amide bonds. The molecule has 9 rings (SSSR count). The molecule has 4 saturated heterocycles. The van der Waals surface area contributed by atoms with Crippen LogP contribution < -0.4 is 0 Å². The van der Waals surface area contributed by atoms with Crippen molar-refractivity contribution in [1.82, 2.24) is 0 Å². The van der Waals surface area contributed by atoms with Crippen LogP contribution >= 0.6 is 0 Å². The quantitative estimate of drug-likeness (QED) is 0.0297. The summed E-state index contributed by atoms with van der Waals surface area (Å²) >= 11 is 0. The molecule has 0 saturated carbocycles. The van der Waals surface area contributed by atoms with Crippen LogP contribution in [-0.2, 0) is 94.6 Å². The fourth-order valence-electron chi connectivity index (χ4n) is 9.61. The van der Waals surface area contributed by atoms with Crippen LogP contribution in [0, 0.1) is 0 Å². The van der Waals surface area contributed by atoms with Gasteiger partial charge in [0, 0.05) is 4.91 Å². The van der Waals surface area contributed by atoms with Crippen LogP contribution in [0.15, 0.2) is 157 Å². The zero-order valence-corrected chi connectivity index (χ0v) is 41.5. The van der Waals surface area contributed by atoms with E-state index in [0.29, 0.717) is 6.61 Å². The van der Waals surface area contributed by atoms with Gasteiger partial charge >= 0.3 is 6.16 Å². The van der Waals surface area contributed by atoms with E-state index in [1.54, 1.807) is 20.8 Å². The van der Waals surface area contributed by atoms with Gasteiger partial charge in [-0.25, -0.2) is 4.79 Å². The highest BCUT2D eigenvalue weighted by Gasteiger charge is 2.59. The molecule has 0 aromatic heterocycles.